The highest BCUT2D eigenvalue weighted by Gasteiger charge is 2.27. The molecule has 0 aromatic heterocycles. The molecule has 6 nitrogen and oxygen atoms in total. The van der Waals surface area contributed by atoms with Gasteiger partial charge in [-0.15, -0.1) is 0 Å². The number of amides is 1. The van der Waals surface area contributed by atoms with Gasteiger partial charge in [0.15, 0.2) is 0 Å². The molecule has 1 saturated heterocycles. The van der Waals surface area contributed by atoms with Crippen LogP contribution in [0.5, 0.6) is 5.75 Å². The third kappa shape index (κ3) is 4.74. The van der Waals surface area contributed by atoms with Crippen molar-refractivity contribution >= 4 is 37.5 Å². The number of ether oxygens (including phenoxy) is 1. The molecule has 1 fully saturated rings. The van der Waals surface area contributed by atoms with Crippen molar-refractivity contribution in [1.29, 1.82) is 0 Å². The van der Waals surface area contributed by atoms with Crippen molar-refractivity contribution in [3.63, 3.8) is 0 Å². The van der Waals surface area contributed by atoms with Crippen LogP contribution in [0, 0.1) is 0 Å². The Balaban J connectivity index is 1.92. The molecule has 8 heteroatoms. The quantitative estimate of drug-likeness (QED) is 0.713. The lowest BCUT2D eigenvalue weighted by Gasteiger charge is -2.20. The number of anilines is 1. The molecule has 0 atom stereocenters. The minimum absolute atomic E-state index is 0.106. The number of nitrogens with one attached hydrogen (secondary N) is 1. The molecule has 1 aliphatic rings. The van der Waals surface area contributed by atoms with Crippen LogP contribution in [0.2, 0.25) is 0 Å². The van der Waals surface area contributed by atoms with Gasteiger partial charge in [-0.3, -0.25) is 4.79 Å². The van der Waals surface area contributed by atoms with Crippen molar-refractivity contribution in [2.45, 2.75) is 30.6 Å². The maximum Gasteiger partial charge on any atom is 0.259 e. The first-order chi connectivity index (χ1) is 13.4. The Morgan fingerprint density at radius 1 is 1.07 bits per heavy atom. The molecule has 0 spiro atoms. The molecule has 1 aliphatic heterocycles. The van der Waals surface area contributed by atoms with E-state index in [1.165, 1.54) is 29.6 Å². The second-order valence-electron chi connectivity index (χ2n) is 6.64. The Morgan fingerprint density at radius 3 is 2.43 bits per heavy atom. The van der Waals surface area contributed by atoms with Crippen LogP contribution in [-0.4, -0.2) is 38.8 Å². The highest BCUT2D eigenvalue weighted by Crippen LogP contribution is 2.27. The molecule has 0 radical (unpaired) electrons. The Labute approximate surface area is 174 Å². The largest absolute Gasteiger partial charge is 0.496 e. The molecule has 1 amide bonds. The van der Waals surface area contributed by atoms with Crippen LogP contribution in [0.3, 0.4) is 0 Å². The summed E-state index contributed by atoms with van der Waals surface area (Å²) in [5, 5.41) is 2.78. The Morgan fingerprint density at radius 2 is 1.79 bits per heavy atom. The molecule has 2 aromatic carbocycles. The van der Waals surface area contributed by atoms with Gasteiger partial charge < -0.3 is 10.1 Å². The molecule has 1 N–H and O–H groups in total. The number of rotatable bonds is 5. The predicted molar refractivity (Wildman–Crippen MR) is 112 cm³/mol. The highest BCUT2D eigenvalue weighted by atomic mass is 79.9. The molecule has 28 heavy (non-hydrogen) atoms. The summed E-state index contributed by atoms with van der Waals surface area (Å²) >= 11 is 3.36. The zero-order valence-electron chi connectivity index (χ0n) is 15.7. The molecule has 2 aromatic rings. The first-order valence-corrected chi connectivity index (χ1v) is 11.4. The summed E-state index contributed by atoms with van der Waals surface area (Å²) in [6.07, 6.45) is 3.78. The number of nitrogens with zero attached hydrogens (tertiary/aromatic N) is 1. The van der Waals surface area contributed by atoms with Gasteiger partial charge in [-0.1, -0.05) is 34.8 Å². The molecule has 0 aliphatic carbocycles. The minimum Gasteiger partial charge on any atom is -0.496 e. The predicted octanol–water partition coefficient (Wildman–Crippen LogP) is 4.27. The average molecular weight is 467 g/mol. The van der Waals surface area contributed by atoms with Crippen molar-refractivity contribution < 1.29 is 17.9 Å². The molecule has 0 bridgehead atoms. The zero-order valence-corrected chi connectivity index (χ0v) is 18.1. The lowest BCUT2D eigenvalue weighted by molar-refractivity contribution is 0.102. The van der Waals surface area contributed by atoms with Crippen LogP contribution < -0.4 is 10.1 Å². The van der Waals surface area contributed by atoms with Crippen LogP contribution in [0.15, 0.2) is 51.8 Å². The number of carbonyl (C=O) groups is 1. The number of carbonyl (C=O) groups excluding carboxylic acids is 1. The van der Waals surface area contributed by atoms with Gasteiger partial charge in [0.05, 0.1) is 17.6 Å². The normalized spacial score (nSPS) is 15.6. The second-order valence-corrected chi connectivity index (χ2v) is 9.50. The number of benzene rings is 2. The number of halogens is 1. The number of sulfonamides is 1. The molecule has 0 saturated carbocycles. The first kappa shape index (κ1) is 20.8. The lowest BCUT2D eigenvalue weighted by Crippen LogP contribution is -2.32. The van der Waals surface area contributed by atoms with E-state index in [9.17, 15) is 13.2 Å². The summed E-state index contributed by atoms with van der Waals surface area (Å²) in [6, 6.07) is 11.6. The van der Waals surface area contributed by atoms with Crippen LogP contribution in [0.25, 0.3) is 0 Å². The van der Waals surface area contributed by atoms with Gasteiger partial charge in [0.25, 0.3) is 5.91 Å². The van der Waals surface area contributed by atoms with Gasteiger partial charge in [-0.2, -0.15) is 4.31 Å². The van der Waals surface area contributed by atoms with Crippen LogP contribution in [0.4, 0.5) is 5.69 Å². The van der Waals surface area contributed by atoms with Crippen molar-refractivity contribution in [2.24, 2.45) is 0 Å². The van der Waals surface area contributed by atoms with Crippen LogP contribution in [0.1, 0.15) is 36.0 Å². The van der Waals surface area contributed by atoms with E-state index >= 15 is 0 Å². The third-order valence-electron chi connectivity index (χ3n) is 4.70. The van der Waals surface area contributed by atoms with E-state index in [1.54, 1.807) is 18.2 Å². The van der Waals surface area contributed by atoms with E-state index in [0.29, 0.717) is 24.5 Å². The molecule has 1 heterocycles. The molecular weight excluding hydrogens is 444 g/mol. The Bertz CT molecular complexity index is 954. The first-order valence-electron chi connectivity index (χ1n) is 9.17. The summed E-state index contributed by atoms with van der Waals surface area (Å²) in [5.74, 6) is -0.106. The summed E-state index contributed by atoms with van der Waals surface area (Å²) in [7, 11) is -2.20. The van der Waals surface area contributed by atoms with E-state index in [2.05, 4.69) is 21.2 Å². The van der Waals surface area contributed by atoms with E-state index in [0.717, 1.165) is 30.2 Å². The SMILES string of the molecule is COc1ccc(S(=O)(=O)N2CCCCCC2)cc1C(=O)Nc1cccc(Br)c1. The molecule has 3 rings (SSSR count). The summed E-state index contributed by atoms with van der Waals surface area (Å²) in [5.41, 5.74) is 0.778. The van der Waals surface area contributed by atoms with Crippen molar-refractivity contribution in [3.8, 4) is 5.75 Å². The maximum absolute atomic E-state index is 13.1. The average Bonchev–Trinajstić information content (AvgIpc) is 2.97. The van der Waals surface area contributed by atoms with Crippen LogP contribution >= 0.6 is 15.9 Å². The molecule has 0 unspecified atom stereocenters. The standard InChI is InChI=1S/C20H23BrN2O4S/c1-27-19-10-9-17(28(25,26)23-11-4-2-3-5-12-23)14-18(19)20(24)22-16-8-6-7-15(21)13-16/h6-10,13-14H,2-5,11-12H2,1H3,(H,22,24). The van der Waals surface area contributed by atoms with Crippen molar-refractivity contribution in [1.82, 2.24) is 4.31 Å². The number of methoxy groups -OCH3 is 1. The van der Waals surface area contributed by atoms with E-state index < -0.39 is 15.9 Å². The van der Waals surface area contributed by atoms with Gasteiger partial charge in [0.1, 0.15) is 5.75 Å². The smallest absolute Gasteiger partial charge is 0.259 e. The minimum atomic E-state index is -3.66. The van der Waals surface area contributed by atoms with Crippen LogP contribution in [-0.2, 0) is 10.0 Å². The third-order valence-corrected chi connectivity index (χ3v) is 7.09. The van der Waals surface area contributed by atoms with E-state index in [-0.39, 0.29) is 10.5 Å². The summed E-state index contributed by atoms with van der Waals surface area (Å²) in [4.78, 5) is 12.9. The fraction of sp³-hybridized carbons (Fsp3) is 0.350. The van der Waals surface area contributed by atoms with E-state index in [4.69, 9.17) is 4.74 Å². The van der Waals surface area contributed by atoms with Crippen molar-refractivity contribution in [2.75, 3.05) is 25.5 Å². The fourth-order valence-electron chi connectivity index (χ4n) is 3.22. The van der Waals surface area contributed by atoms with Gasteiger partial charge in [0, 0.05) is 23.2 Å². The monoisotopic (exact) mass is 466 g/mol. The Hall–Kier alpha value is -1.90. The lowest BCUT2D eigenvalue weighted by atomic mass is 10.2. The zero-order chi connectivity index (χ0) is 20.1. The Kier molecular flexibility index (Phi) is 6.74. The molecular formula is C20H23BrN2O4S. The summed E-state index contributed by atoms with van der Waals surface area (Å²) < 4.78 is 33.8. The number of hydrogen-bond donors (Lipinski definition) is 1. The van der Waals surface area contributed by atoms with Crippen molar-refractivity contribution in [3.05, 3.63) is 52.5 Å². The van der Waals surface area contributed by atoms with E-state index in [1.807, 2.05) is 6.07 Å². The molecule has 150 valence electrons. The second kappa shape index (κ2) is 9.07. The topological polar surface area (TPSA) is 75.7 Å². The fourth-order valence-corrected chi connectivity index (χ4v) is 5.16. The van der Waals surface area contributed by atoms with Gasteiger partial charge in [0.2, 0.25) is 10.0 Å². The summed E-state index contributed by atoms with van der Waals surface area (Å²) in [6.45, 7) is 1.02. The maximum atomic E-state index is 13.1. The highest BCUT2D eigenvalue weighted by molar-refractivity contribution is 9.10. The van der Waals surface area contributed by atoms with Gasteiger partial charge in [-0.25, -0.2) is 8.42 Å². The van der Waals surface area contributed by atoms with Gasteiger partial charge in [-0.05, 0) is 49.2 Å². The van der Waals surface area contributed by atoms with Gasteiger partial charge >= 0.3 is 0 Å². The number of hydrogen-bond acceptors (Lipinski definition) is 4.